The summed E-state index contributed by atoms with van der Waals surface area (Å²) in [5.74, 6) is -0.0514. The van der Waals surface area contributed by atoms with Crippen molar-refractivity contribution in [2.45, 2.75) is 57.9 Å². The van der Waals surface area contributed by atoms with E-state index < -0.39 is 0 Å². The average molecular weight is 213 g/mol. The highest BCUT2D eigenvalue weighted by atomic mass is 16.5. The van der Waals surface area contributed by atoms with Gasteiger partial charge in [-0.1, -0.05) is 12.8 Å². The van der Waals surface area contributed by atoms with Gasteiger partial charge in [0.05, 0.1) is 6.61 Å². The van der Waals surface area contributed by atoms with Crippen molar-refractivity contribution in [1.82, 2.24) is 5.32 Å². The van der Waals surface area contributed by atoms with Crippen molar-refractivity contribution < 1.29 is 9.53 Å². The standard InChI is InChI=1S/C12H23NO2/c1-2-15-12(14)9-4-3-5-10-13-11-7-6-8-11/h11,13H,2-10H2,1H3. The van der Waals surface area contributed by atoms with Crippen molar-refractivity contribution in [3.05, 3.63) is 0 Å². The number of esters is 1. The first-order chi connectivity index (χ1) is 7.33. The summed E-state index contributed by atoms with van der Waals surface area (Å²) in [5, 5.41) is 3.52. The first-order valence-corrected chi connectivity index (χ1v) is 6.22. The summed E-state index contributed by atoms with van der Waals surface area (Å²) < 4.78 is 4.86. The van der Waals surface area contributed by atoms with E-state index in [9.17, 15) is 4.79 Å². The highest BCUT2D eigenvalue weighted by molar-refractivity contribution is 5.69. The molecule has 0 bridgehead atoms. The number of carbonyl (C=O) groups is 1. The Hall–Kier alpha value is -0.570. The molecule has 0 spiro atoms. The molecule has 0 aromatic carbocycles. The topological polar surface area (TPSA) is 38.3 Å². The van der Waals surface area contributed by atoms with Crippen LogP contribution in [0.3, 0.4) is 0 Å². The van der Waals surface area contributed by atoms with Crippen LogP contribution in [-0.2, 0) is 9.53 Å². The molecule has 0 heterocycles. The van der Waals surface area contributed by atoms with Crippen molar-refractivity contribution >= 4 is 5.97 Å². The molecular weight excluding hydrogens is 190 g/mol. The summed E-state index contributed by atoms with van der Waals surface area (Å²) >= 11 is 0. The summed E-state index contributed by atoms with van der Waals surface area (Å²) in [6.45, 7) is 3.45. The molecule has 1 saturated carbocycles. The van der Waals surface area contributed by atoms with Crippen LogP contribution >= 0.6 is 0 Å². The Labute approximate surface area is 92.6 Å². The zero-order chi connectivity index (χ0) is 10.9. The predicted octanol–water partition coefficient (Wildman–Crippen LogP) is 2.25. The van der Waals surface area contributed by atoms with Crippen LogP contribution in [0.25, 0.3) is 0 Å². The number of hydrogen-bond donors (Lipinski definition) is 1. The summed E-state index contributed by atoms with van der Waals surface area (Å²) in [7, 11) is 0. The van der Waals surface area contributed by atoms with Crippen LogP contribution in [0.4, 0.5) is 0 Å². The van der Waals surface area contributed by atoms with Crippen LogP contribution < -0.4 is 5.32 Å². The predicted molar refractivity (Wildman–Crippen MR) is 60.7 cm³/mol. The van der Waals surface area contributed by atoms with Gasteiger partial charge in [-0.3, -0.25) is 4.79 Å². The van der Waals surface area contributed by atoms with Crippen molar-refractivity contribution in [3.8, 4) is 0 Å². The smallest absolute Gasteiger partial charge is 0.305 e. The zero-order valence-corrected chi connectivity index (χ0v) is 9.76. The van der Waals surface area contributed by atoms with E-state index in [0.717, 1.165) is 25.4 Å². The van der Waals surface area contributed by atoms with Crippen molar-refractivity contribution in [1.29, 1.82) is 0 Å². The number of ether oxygens (including phenoxy) is 1. The number of hydrogen-bond acceptors (Lipinski definition) is 3. The van der Waals surface area contributed by atoms with Gasteiger partial charge in [0.15, 0.2) is 0 Å². The number of unbranched alkanes of at least 4 members (excludes halogenated alkanes) is 2. The van der Waals surface area contributed by atoms with Crippen LogP contribution in [0, 0.1) is 0 Å². The summed E-state index contributed by atoms with van der Waals surface area (Å²) in [5.41, 5.74) is 0. The Kier molecular flexibility index (Phi) is 6.41. The van der Waals surface area contributed by atoms with Gasteiger partial charge in [-0.25, -0.2) is 0 Å². The van der Waals surface area contributed by atoms with Crippen LogP contribution in [0.2, 0.25) is 0 Å². The maximum atomic E-state index is 11.0. The van der Waals surface area contributed by atoms with Gasteiger partial charge < -0.3 is 10.1 Å². The molecule has 0 aliphatic heterocycles. The molecule has 1 fully saturated rings. The van der Waals surface area contributed by atoms with Gasteiger partial charge in [0.2, 0.25) is 0 Å². The maximum absolute atomic E-state index is 11.0. The highest BCUT2D eigenvalue weighted by Crippen LogP contribution is 2.17. The minimum atomic E-state index is -0.0514. The fourth-order valence-corrected chi connectivity index (χ4v) is 1.72. The molecule has 0 radical (unpaired) electrons. The van der Waals surface area contributed by atoms with E-state index in [-0.39, 0.29) is 5.97 Å². The van der Waals surface area contributed by atoms with E-state index in [2.05, 4.69) is 5.32 Å². The van der Waals surface area contributed by atoms with Gasteiger partial charge in [0.25, 0.3) is 0 Å². The molecule has 0 saturated heterocycles. The highest BCUT2D eigenvalue weighted by Gasteiger charge is 2.15. The van der Waals surface area contributed by atoms with Crippen molar-refractivity contribution in [3.63, 3.8) is 0 Å². The Morgan fingerprint density at radius 1 is 1.33 bits per heavy atom. The van der Waals surface area contributed by atoms with Gasteiger partial charge in [0.1, 0.15) is 0 Å². The third-order valence-corrected chi connectivity index (χ3v) is 2.90. The summed E-state index contributed by atoms with van der Waals surface area (Å²) in [6.07, 6.45) is 7.93. The van der Waals surface area contributed by atoms with Crippen LogP contribution in [0.1, 0.15) is 51.9 Å². The average Bonchev–Trinajstić information content (AvgIpc) is 2.14. The molecule has 88 valence electrons. The van der Waals surface area contributed by atoms with Gasteiger partial charge in [-0.15, -0.1) is 0 Å². The number of carbonyl (C=O) groups excluding carboxylic acids is 1. The quantitative estimate of drug-likeness (QED) is 0.496. The first-order valence-electron chi connectivity index (χ1n) is 6.22. The zero-order valence-electron chi connectivity index (χ0n) is 9.76. The Balaban J connectivity index is 1.78. The summed E-state index contributed by atoms with van der Waals surface area (Å²) in [4.78, 5) is 11.0. The van der Waals surface area contributed by atoms with Crippen molar-refractivity contribution in [2.24, 2.45) is 0 Å². The van der Waals surface area contributed by atoms with Gasteiger partial charge in [0, 0.05) is 12.5 Å². The lowest BCUT2D eigenvalue weighted by atomic mass is 9.93. The Bertz CT molecular complexity index is 178. The molecule has 1 rings (SSSR count). The fraction of sp³-hybridized carbons (Fsp3) is 0.917. The molecule has 0 atom stereocenters. The molecule has 0 unspecified atom stereocenters. The second-order valence-electron chi connectivity index (χ2n) is 4.20. The van der Waals surface area contributed by atoms with Crippen LogP contribution in [0.5, 0.6) is 0 Å². The van der Waals surface area contributed by atoms with E-state index in [4.69, 9.17) is 4.74 Å². The van der Waals surface area contributed by atoms with Gasteiger partial charge >= 0.3 is 5.97 Å². The van der Waals surface area contributed by atoms with Crippen molar-refractivity contribution in [2.75, 3.05) is 13.2 Å². The molecule has 0 amide bonds. The molecule has 1 aliphatic rings. The van der Waals surface area contributed by atoms with E-state index in [1.807, 2.05) is 6.92 Å². The molecule has 1 aliphatic carbocycles. The molecule has 0 aromatic rings. The second kappa shape index (κ2) is 7.69. The lowest BCUT2D eigenvalue weighted by molar-refractivity contribution is -0.143. The van der Waals surface area contributed by atoms with Crippen LogP contribution in [-0.4, -0.2) is 25.2 Å². The second-order valence-corrected chi connectivity index (χ2v) is 4.20. The maximum Gasteiger partial charge on any atom is 0.305 e. The molecule has 1 N–H and O–H groups in total. The van der Waals surface area contributed by atoms with Gasteiger partial charge in [-0.05, 0) is 39.2 Å². The lowest BCUT2D eigenvalue weighted by Gasteiger charge is -2.26. The minimum absolute atomic E-state index is 0.0514. The molecule has 3 nitrogen and oxygen atoms in total. The number of nitrogens with one attached hydrogen (secondary N) is 1. The minimum Gasteiger partial charge on any atom is -0.466 e. The third-order valence-electron chi connectivity index (χ3n) is 2.90. The molecule has 15 heavy (non-hydrogen) atoms. The normalized spacial score (nSPS) is 16.1. The third kappa shape index (κ3) is 5.78. The van der Waals surface area contributed by atoms with E-state index in [1.54, 1.807) is 0 Å². The molecular formula is C12H23NO2. The fourth-order valence-electron chi connectivity index (χ4n) is 1.72. The van der Waals surface area contributed by atoms with E-state index in [1.165, 1.54) is 25.7 Å². The molecule has 3 heteroatoms. The largest absolute Gasteiger partial charge is 0.466 e. The number of rotatable bonds is 8. The Morgan fingerprint density at radius 3 is 2.73 bits per heavy atom. The Morgan fingerprint density at radius 2 is 2.13 bits per heavy atom. The monoisotopic (exact) mass is 213 g/mol. The SMILES string of the molecule is CCOC(=O)CCCCCNC1CCC1. The van der Waals surface area contributed by atoms with E-state index >= 15 is 0 Å². The summed E-state index contributed by atoms with van der Waals surface area (Å²) in [6, 6.07) is 0.787. The lowest BCUT2D eigenvalue weighted by Crippen LogP contribution is -2.35. The first kappa shape index (κ1) is 12.5. The van der Waals surface area contributed by atoms with Crippen LogP contribution in [0.15, 0.2) is 0 Å². The van der Waals surface area contributed by atoms with E-state index in [0.29, 0.717) is 13.0 Å². The van der Waals surface area contributed by atoms with Gasteiger partial charge in [-0.2, -0.15) is 0 Å². The molecule has 0 aromatic heterocycles.